The molecule has 0 spiro atoms. The fourth-order valence-corrected chi connectivity index (χ4v) is 3.00. The first kappa shape index (κ1) is 18.9. The Balaban J connectivity index is 2.03. The highest BCUT2D eigenvalue weighted by molar-refractivity contribution is 5.82. The van der Waals surface area contributed by atoms with Crippen LogP contribution in [-0.2, 0) is 20.8 Å². The third-order valence-corrected chi connectivity index (χ3v) is 4.50. The van der Waals surface area contributed by atoms with Crippen molar-refractivity contribution in [1.29, 1.82) is 0 Å². The average Bonchev–Trinajstić information content (AvgIpc) is 2.83. The fourth-order valence-electron chi connectivity index (χ4n) is 3.00. The molecule has 1 saturated heterocycles. The zero-order valence-electron chi connectivity index (χ0n) is 14.6. The van der Waals surface area contributed by atoms with Gasteiger partial charge in [-0.2, -0.15) is 0 Å². The van der Waals surface area contributed by atoms with Crippen molar-refractivity contribution in [2.75, 3.05) is 33.2 Å². The summed E-state index contributed by atoms with van der Waals surface area (Å²) in [6.07, 6.45) is 0.477. The summed E-state index contributed by atoms with van der Waals surface area (Å²) < 4.78 is 13.7. The van der Waals surface area contributed by atoms with Gasteiger partial charge in [0.2, 0.25) is 17.7 Å². The predicted octanol–water partition coefficient (Wildman–Crippen LogP) is 0.811. The number of rotatable bonds is 4. The number of carbonyl (C=O) groups excluding carboxylic acids is 3. The van der Waals surface area contributed by atoms with Crippen LogP contribution in [0.2, 0.25) is 0 Å². The van der Waals surface area contributed by atoms with Gasteiger partial charge in [0.1, 0.15) is 5.82 Å². The first-order valence-corrected chi connectivity index (χ1v) is 8.40. The number of nitrogens with one attached hydrogen (secondary N) is 1. The van der Waals surface area contributed by atoms with Crippen molar-refractivity contribution in [3.05, 3.63) is 35.6 Å². The second kappa shape index (κ2) is 8.60. The predicted molar refractivity (Wildman–Crippen MR) is 91.1 cm³/mol. The van der Waals surface area contributed by atoms with E-state index in [1.54, 1.807) is 28.0 Å². The van der Waals surface area contributed by atoms with E-state index in [9.17, 15) is 18.8 Å². The van der Waals surface area contributed by atoms with Crippen molar-refractivity contribution in [3.63, 3.8) is 0 Å². The van der Waals surface area contributed by atoms with Gasteiger partial charge in [-0.1, -0.05) is 18.2 Å². The first-order chi connectivity index (χ1) is 11.9. The molecule has 1 fully saturated rings. The van der Waals surface area contributed by atoms with Gasteiger partial charge in [0.15, 0.2) is 0 Å². The lowest BCUT2D eigenvalue weighted by molar-refractivity contribution is -0.133. The molecule has 0 radical (unpaired) electrons. The van der Waals surface area contributed by atoms with E-state index in [2.05, 4.69) is 5.32 Å². The third-order valence-electron chi connectivity index (χ3n) is 4.50. The second-order valence-electron chi connectivity index (χ2n) is 6.21. The van der Waals surface area contributed by atoms with Gasteiger partial charge in [-0.3, -0.25) is 14.4 Å². The molecule has 1 N–H and O–H groups in total. The molecule has 1 aliphatic heterocycles. The summed E-state index contributed by atoms with van der Waals surface area (Å²) in [5.74, 6) is -1.23. The van der Waals surface area contributed by atoms with Crippen LogP contribution in [-0.4, -0.2) is 60.7 Å². The van der Waals surface area contributed by atoms with Crippen LogP contribution in [0.3, 0.4) is 0 Å². The van der Waals surface area contributed by atoms with Crippen molar-refractivity contribution in [1.82, 2.24) is 15.1 Å². The van der Waals surface area contributed by atoms with E-state index in [1.165, 1.54) is 20.0 Å². The zero-order chi connectivity index (χ0) is 18.4. The number of carbonyl (C=O) groups is 3. The van der Waals surface area contributed by atoms with Gasteiger partial charge in [-0.25, -0.2) is 4.39 Å². The van der Waals surface area contributed by atoms with Gasteiger partial charge in [0.25, 0.3) is 0 Å². The molecule has 3 amide bonds. The van der Waals surface area contributed by atoms with Crippen LogP contribution in [0.4, 0.5) is 4.39 Å². The van der Waals surface area contributed by atoms with E-state index in [0.29, 0.717) is 31.6 Å². The average molecular weight is 349 g/mol. The Bertz CT molecular complexity index is 650. The molecular weight excluding hydrogens is 325 g/mol. The van der Waals surface area contributed by atoms with E-state index in [-0.39, 0.29) is 36.5 Å². The van der Waals surface area contributed by atoms with Crippen LogP contribution in [0.1, 0.15) is 18.9 Å². The van der Waals surface area contributed by atoms with Gasteiger partial charge in [0.05, 0.1) is 5.92 Å². The largest absolute Gasteiger partial charge is 0.359 e. The van der Waals surface area contributed by atoms with E-state index in [0.717, 1.165) is 0 Å². The Labute approximate surface area is 147 Å². The van der Waals surface area contributed by atoms with E-state index in [1.807, 2.05) is 0 Å². The lowest BCUT2D eigenvalue weighted by atomic mass is 10.1. The maximum absolute atomic E-state index is 13.7. The smallest absolute Gasteiger partial charge is 0.226 e. The molecule has 136 valence electrons. The van der Waals surface area contributed by atoms with Gasteiger partial charge in [-0.15, -0.1) is 0 Å². The maximum atomic E-state index is 13.7. The number of amides is 3. The molecule has 2 rings (SSSR count). The van der Waals surface area contributed by atoms with Gasteiger partial charge >= 0.3 is 0 Å². The summed E-state index contributed by atoms with van der Waals surface area (Å²) in [4.78, 5) is 39.5. The molecule has 1 heterocycles. The summed E-state index contributed by atoms with van der Waals surface area (Å²) in [6.45, 7) is 2.79. The SMILES string of the molecule is CNC(=O)[C@@H]1CN(C(C)=O)CCN(C(=O)CCc2ccccc2F)C1. The normalized spacial score (nSPS) is 17.8. The molecular formula is C18H24FN3O3. The Kier molecular flexibility index (Phi) is 6.50. The molecule has 1 aromatic carbocycles. The molecule has 0 aromatic heterocycles. The van der Waals surface area contributed by atoms with Gasteiger partial charge < -0.3 is 15.1 Å². The van der Waals surface area contributed by atoms with Crippen LogP contribution in [0.25, 0.3) is 0 Å². The third kappa shape index (κ3) is 5.01. The van der Waals surface area contributed by atoms with E-state index in [4.69, 9.17) is 0 Å². The van der Waals surface area contributed by atoms with E-state index < -0.39 is 5.92 Å². The Morgan fingerprint density at radius 3 is 2.44 bits per heavy atom. The zero-order valence-corrected chi connectivity index (χ0v) is 14.6. The number of halogens is 1. The minimum absolute atomic E-state index is 0.116. The van der Waals surface area contributed by atoms with Crippen LogP contribution in [0.15, 0.2) is 24.3 Å². The minimum atomic E-state index is -0.464. The molecule has 0 bridgehead atoms. The lowest BCUT2D eigenvalue weighted by Gasteiger charge is -2.23. The topological polar surface area (TPSA) is 69.7 Å². The second-order valence-corrected chi connectivity index (χ2v) is 6.21. The molecule has 0 unspecified atom stereocenters. The molecule has 1 atom stereocenters. The lowest BCUT2D eigenvalue weighted by Crippen LogP contribution is -2.42. The van der Waals surface area contributed by atoms with Crippen molar-refractivity contribution in [3.8, 4) is 0 Å². The van der Waals surface area contributed by atoms with Crippen LogP contribution in [0.5, 0.6) is 0 Å². The molecule has 6 nitrogen and oxygen atoms in total. The van der Waals surface area contributed by atoms with Crippen molar-refractivity contribution >= 4 is 17.7 Å². The number of nitrogens with zero attached hydrogens (tertiary/aromatic N) is 2. The molecule has 0 saturated carbocycles. The monoisotopic (exact) mass is 349 g/mol. The minimum Gasteiger partial charge on any atom is -0.359 e. The number of aryl methyl sites for hydroxylation is 1. The molecule has 1 aliphatic rings. The highest BCUT2D eigenvalue weighted by Crippen LogP contribution is 2.14. The number of hydrogen-bond acceptors (Lipinski definition) is 3. The van der Waals surface area contributed by atoms with Crippen LogP contribution in [0, 0.1) is 11.7 Å². The summed E-state index contributed by atoms with van der Waals surface area (Å²) in [7, 11) is 1.54. The summed E-state index contributed by atoms with van der Waals surface area (Å²) in [5, 5.41) is 2.58. The molecule has 1 aromatic rings. The van der Waals surface area contributed by atoms with Crippen molar-refractivity contribution < 1.29 is 18.8 Å². The number of benzene rings is 1. The highest BCUT2D eigenvalue weighted by Gasteiger charge is 2.30. The molecule has 7 heteroatoms. The fraction of sp³-hybridized carbons (Fsp3) is 0.500. The summed E-state index contributed by atoms with van der Waals surface area (Å²) in [6, 6.07) is 6.38. The van der Waals surface area contributed by atoms with Gasteiger partial charge in [0, 0.05) is 46.6 Å². The maximum Gasteiger partial charge on any atom is 0.226 e. The Morgan fingerprint density at radius 2 is 1.80 bits per heavy atom. The Hall–Kier alpha value is -2.44. The number of hydrogen-bond donors (Lipinski definition) is 1. The molecule has 0 aliphatic carbocycles. The van der Waals surface area contributed by atoms with Crippen LogP contribution < -0.4 is 5.32 Å². The van der Waals surface area contributed by atoms with Crippen molar-refractivity contribution in [2.45, 2.75) is 19.8 Å². The quantitative estimate of drug-likeness (QED) is 0.875. The summed E-state index contributed by atoms with van der Waals surface area (Å²) in [5.41, 5.74) is 0.499. The highest BCUT2D eigenvalue weighted by atomic mass is 19.1. The standard InChI is InChI=1S/C18H24FN3O3/c1-13(23)21-9-10-22(12-15(11-21)18(25)20-2)17(24)8-7-14-5-3-4-6-16(14)19/h3-6,15H,7-12H2,1-2H3,(H,20,25)/t15-/m1/s1. The van der Waals surface area contributed by atoms with Crippen LogP contribution >= 0.6 is 0 Å². The first-order valence-electron chi connectivity index (χ1n) is 8.40. The van der Waals surface area contributed by atoms with E-state index >= 15 is 0 Å². The summed E-state index contributed by atoms with van der Waals surface area (Å²) >= 11 is 0. The van der Waals surface area contributed by atoms with Crippen molar-refractivity contribution in [2.24, 2.45) is 5.92 Å². The Morgan fingerprint density at radius 1 is 1.16 bits per heavy atom. The van der Waals surface area contributed by atoms with Gasteiger partial charge in [-0.05, 0) is 18.1 Å². The molecule has 25 heavy (non-hydrogen) atoms.